The number of nitrogens with one attached hydrogen (secondary N) is 1. The molecule has 0 aromatic heterocycles. The summed E-state index contributed by atoms with van der Waals surface area (Å²) in [4.78, 5) is 13.1. The maximum atomic E-state index is 13.1. The van der Waals surface area contributed by atoms with Gasteiger partial charge in [-0.05, 0) is 64.2 Å². The number of rotatable bonds is 55. The van der Waals surface area contributed by atoms with Crippen LogP contribution in [0, 0.1) is 0 Å². The van der Waals surface area contributed by atoms with Gasteiger partial charge < -0.3 is 40.3 Å². The zero-order valence-electron chi connectivity index (χ0n) is 49.3. The van der Waals surface area contributed by atoms with Crippen LogP contribution in [0.5, 0.6) is 0 Å². The van der Waals surface area contributed by atoms with Gasteiger partial charge in [-0.2, -0.15) is 0 Å². The average molecular weight is 1070 g/mol. The maximum absolute atomic E-state index is 13.1. The molecule has 1 aliphatic rings. The van der Waals surface area contributed by atoms with E-state index in [0.29, 0.717) is 6.42 Å². The summed E-state index contributed by atoms with van der Waals surface area (Å²) in [6, 6.07) is -0.814. The molecule has 1 amide bonds. The number of unbranched alkanes of at least 4 members (excludes halogenated alkanes) is 35. The van der Waals surface area contributed by atoms with Crippen LogP contribution in [0.3, 0.4) is 0 Å². The van der Waals surface area contributed by atoms with E-state index in [1.807, 2.05) is 6.08 Å². The van der Waals surface area contributed by atoms with Crippen LogP contribution in [0.1, 0.15) is 290 Å². The molecule has 1 heterocycles. The van der Waals surface area contributed by atoms with E-state index >= 15 is 0 Å². The van der Waals surface area contributed by atoms with Gasteiger partial charge in [0.2, 0.25) is 5.91 Å². The molecule has 1 saturated heterocycles. The minimum Gasteiger partial charge on any atom is -0.394 e. The zero-order chi connectivity index (χ0) is 55.0. The molecule has 442 valence electrons. The Morgan fingerprint density at radius 2 is 0.816 bits per heavy atom. The number of aliphatic hydroxyl groups is 5. The van der Waals surface area contributed by atoms with Crippen molar-refractivity contribution in [3.05, 3.63) is 72.9 Å². The van der Waals surface area contributed by atoms with Gasteiger partial charge in [0, 0.05) is 6.42 Å². The largest absolute Gasteiger partial charge is 0.394 e. The van der Waals surface area contributed by atoms with E-state index in [9.17, 15) is 30.3 Å². The van der Waals surface area contributed by atoms with Crippen molar-refractivity contribution in [3.8, 4) is 0 Å². The minimum absolute atomic E-state index is 0.183. The Kier molecular flexibility index (Phi) is 52.7. The lowest BCUT2D eigenvalue weighted by Crippen LogP contribution is -2.60. The van der Waals surface area contributed by atoms with Crippen LogP contribution in [-0.4, -0.2) is 87.5 Å². The molecule has 0 aliphatic carbocycles. The van der Waals surface area contributed by atoms with Gasteiger partial charge in [0.05, 0.1) is 25.4 Å². The summed E-state index contributed by atoms with van der Waals surface area (Å²) in [6.07, 6.45) is 71.2. The Labute approximate surface area is 468 Å². The monoisotopic (exact) mass is 1070 g/mol. The number of amides is 1. The van der Waals surface area contributed by atoms with Gasteiger partial charge in [0.1, 0.15) is 24.4 Å². The third kappa shape index (κ3) is 44.5. The molecule has 9 nitrogen and oxygen atoms in total. The fraction of sp³-hybridized carbons (Fsp3) is 0.806. The highest BCUT2D eigenvalue weighted by molar-refractivity contribution is 5.76. The number of hydrogen-bond acceptors (Lipinski definition) is 8. The third-order valence-electron chi connectivity index (χ3n) is 15.0. The first-order chi connectivity index (χ1) is 37.3. The molecule has 0 aromatic rings. The lowest BCUT2D eigenvalue weighted by Gasteiger charge is -2.40. The predicted octanol–water partition coefficient (Wildman–Crippen LogP) is 16.8. The second-order valence-corrected chi connectivity index (χ2v) is 22.2. The van der Waals surface area contributed by atoms with Gasteiger partial charge >= 0.3 is 0 Å². The highest BCUT2D eigenvalue weighted by Gasteiger charge is 2.44. The first kappa shape index (κ1) is 71.6. The Morgan fingerprint density at radius 3 is 1.21 bits per heavy atom. The van der Waals surface area contributed by atoms with Crippen LogP contribution in [-0.2, 0) is 14.3 Å². The van der Waals surface area contributed by atoms with E-state index in [1.165, 1.54) is 186 Å². The molecule has 0 radical (unpaired) electrons. The normalized spacial score (nSPS) is 19.3. The van der Waals surface area contributed by atoms with Crippen LogP contribution >= 0.6 is 0 Å². The fourth-order valence-corrected chi connectivity index (χ4v) is 10.0. The highest BCUT2D eigenvalue weighted by atomic mass is 16.7. The van der Waals surface area contributed by atoms with E-state index in [2.05, 4.69) is 79.9 Å². The molecule has 1 aliphatic heterocycles. The number of allylic oxidation sites excluding steroid dienone is 11. The Morgan fingerprint density at radius 1 is 0.461 bits per heavy atom. The quantitative estimate of drug-likeness (QED) is 0.0261. The number of hydrogen-bond donors (Lipinski definition) is 6. The second-order valence-electron chi connectivity index (χ2n) is 22.2. The van der Waals surface area contributed by atoms with E-state index in [1.54, 1.807) is 6.08 Å². The van der Waals surface area contributed by atoms with Gasteiger partial charge in [-0.25, -0.2) is 0 Å². The number of carbonyl (C=O) groups is 1. The molecule has 9 heteroatoms. The molecule has 0 aromatic carbocycles. The standard InChI is InChI=1S/C67H121NO8/c1-3-5-7-9-11-13-15-17-19-21-23-25-27-29-30-31-33-34-36-38-40-42-44-46-48-50-52-54-56-61(70)60(59-75-67-66(74)65(73)64(72)62(58-69)76-67)68-63(71)57-55-53-51-49-47-45-43-41-39-37-35-32-28-26-24-22-20-18-16-14-12-10-8-6-4-2/h6,8,12,14,18,20,24,26,32,35,54,56,60-62,64-67,69-70,72-74H,3-5,7,9-11,13,15-17,19,21-23,25,27-31,33-34,36-53,55,57-59H2,1-2H3,(H,68,71)/b8-6-,14-12-,20-18-,26-24-,35-32-,56-54+. The molecule has 0 saturated carbocycles. The molecule has 0 bridgehead atoms. The minimum atomic E-state index is -1.57. The summed E-state index contributed by atoms with van der Waals surface area (Å²) in [6.45, 7) is 3.69. The third-order valence-corrected chi connectivity index (χ3v) is 15.0. The molecule has 1 rings (SSSR count). The number of carbonyl (C=O) groups excluding carboxylic acids is 1. The van der Waals surface area contributed by atoms with Gasteiger partial charge in [-0.1, -0.05) is 292 Å². The summed E-state index contributed by atoms with van der Waals surface area (Å²) < 4.78 is 11.3. The Hall–Kier alpha value is -2.37. The van der Waals surface area contributed by atoms with Crippen molar-refractivity contribution in [1.82, 2.24) is 5.32 Å². The molecular formula is C67H121NO8. The summed E-state index contributed by atoms with van der Waals surface area (Å²) in [5.41, 5.74) is 0. The summed E-state index contributed by atoms with van der Waals surface area (Å²) in [5, 5.41) is 54.7. The summed E-state index contributed by atoms with van der Waals surface area (Å²) in [5.74, 6) is -0.183. The molecule has 1 fully saturated rings. The Bertz CT molecular complexity index is 1420. The zero-order valence-corrected chi connectivity index (χ0v) is 49.3. The summed E-state index contributed by atoms with van der Waals surface area (Å²) in [7, 11) is 0. The SMILES string of the molecule is CC/C=C\C/C=C\C/C=C\C/C=C\C/C=C\CCCCCCCCCCCC(=O)NC(COC1OC(CO)C(O)C(O)C1O)C(O)/C=C/CCCCCCCCCCCCCCCCCCCCCCCCCCCC. The molecular weight excluding hydrogens is 947 g/mol. The van der Waals surface area contributed by atoms with Crippen LogP contribution in [0.15, 0.2) is 72.9 Å². The van der Waals surface area contributed by atoms with Crippen LogP contribution < -0.4 is 5.32 Å². The predicted molar refractivity (Wildman–Crippen MR) is 322 cm³/mol. The van der Waals surface area contributed by atoms with Crippen LogP contribution in [0.4, 0.5) is 0 Å². The van der Waals surface area contributed by atoms with Crippen molar-refractivity contribution in [2.75, 3.05) is 13.2 Å². The molecule has 76 heavy (non-hydrogen) atoms. The van der Waals surface area contributed by atoms with Gasteiger partial charge in [-0.3, -0.25) is 4.79 Å². The van der Waals surface area contributed by atoms with Crippen molar-refractivity contribution in [2.45, 2.75) is 333 Å². The van der Waals surface area contributed by atoms with Crippen molar-refractivity contribution >= 4 is 5.91 Å². The van der Waals surface area contributed by atoms with E-state index in [-0.39, 0.29) is 12.5 Å². The van der Waals surface area contributed by atoms with E-state index in [4.69, 9.17) is 9.47 Å². The van der Waals surface area contributed by atoms with Gasteiger partial charge in [0.25, 0.3) is 0 Å². The van der Waals surface area contributed by atoms with Crippen molar-refractivity contribution in [3.63, 3.8) is 0 Å². The number of aliphatic hydroxyl groups excluding tert-OH is 5. The molecule has 7 unspecified atom stereocenters. The molecule has 6 N–H and O–H groups in total. The molecule has 0 spiro atoms. The lowest BCUT2D eigenvalue weighted by atomic mass is 9.99. The van der Waals surface area contributed by atoms with Crippen LogP contribution in [0.25, 0.3) is 0 Å². The molecule has 7 atom stereocenters. The van der Waals surface area contributed by atoms with Crippen molar-refractivity contribution < 1.29 is 39.8 Å². The van der Waals surface area contributed by atoms with Crippen molar-refractivity contribution in [2.24, 2.45) is 0 Å². The maximum Gasteiger partial charge on any atom is 0.220 e. The van der Waals surface area contributed by atoms with Gasteiger partial charge in [0.15, 0.2) is 6.29 Å². The topological polar surface area (TPSA) is 149 Å². The smallest absolute Gasteiger partial charge is 0.220 e. The van der Waals surface area contributed by atoms with E-state index in [0.717, 1.165) is 83.5 Å². The average Bonchev–Trinajstić information content (AvgIpc) is 3.42. The Balaban J connectivity index is 2.19. The van der Waals surface area contributed by atoms with E-state index < -0.39 is 49.5 Å². The number of ether oxygens (including phenoxy) is 2. The lowest BCUT2D eigenvalue weighted by molar-refractivity contribution is -0.302. The first-order valence-electron chi connectivity index (χ1n) is 32.2. The van der Waals surface area contributed by atoms with Crippen molar-refractivity contribution in [1.29, 1.82) is 0 Å². The highest BCUT2D eigenvalue weighted by Crippen LogP contribution is 2.23. The van der Waals surface area contributed by atoms with Gasteiger partial charge in [-0.15, -0.1) is 0 Å². The summed E-state index contributed by atoms with van der Waals surface area (Å²) >= 11 is 0. The van der Waals surface area contributed by atoms with Crippen LogP contribution in [0.2, 0.25) is 0 Å². The fourth-order valence-electron chi connectivity index (χ4n) is 10.0. The first-order valence-corrected chi connectivity index (χ1v) is 32.2. The second kappa shape index (κ2) is 55.9.